The molecule has 2 saturated heterocycles. The molecule has 2 aliphatic heterocycles. The van der Waals surface area contributed by atoms with Crippen molar-refractivity contribution in [3.8, 4) is 11.3 Å². The molecule has 3 aromatic rings. The van der Waals surface area contributed by atoms with Crippen LogP contribution in [0.25, 0.3) is 21.5 Å². The molecular weight excluding hydrogens is 544 g/mol. The number of aliphatic hydroxyl groups is 1. The number of H-pyrrole nitrogens is 1. The van der Waals surface area contributed by atoms with Crippen molar-refractivity contribution in [1.29, 1.82) is 0 Å². The number of piperidine rings is 1. The van der Waals surface area contributed by atoms with Crippen LogP contribution in [0.15, 0.2) is 24.3 Å². The molecule has 2 bridgehead atoms. The highest BCUT2D eigenvalue weighted by Crippen LogP contribution is 2.45. The normalized spacial score (nSPS) is 23.4. The summed E-state index contributed by atoms with van der Waals surface area (Å²) in [6, 6.07) is 9.53. The number of ether oxygens (including phenoxy) is 1. The van der Waals surface area contributed by atoms with E-state index in [4.69, 9.17) is 9.84 Å². The summed E-state index contributed by atoms with van der Waals surface area (Å²) >= 11 is 1.78. The van der Waals surface area contributed by atoms with E-state index >= 15 is 0 Å². The fraction of sp³-hybridized carbons (Fsp3) is 0.618. The maximum Gasteiger partial charge on any atom is 0.148 e. The van der Waals surface area contributed by atoms with Gasteiger partial charge in [-0.05, 0) is 88.7 Å². The molecule has 3 fully saturated rings. The minimum atomic E-state index is -0.489. The third-order valence-corrected chi connectivity index (χ3v) is 11.4. The minimum Gasteiger partial charge on any atom is -0.394 e. The lowest BCUT2D eigenvalue weighted by atomic mass is 9.76. The van der Waals surface area contributed by atoms with Gasteiger partial charge in [0.05, 0.1) is 30.9 Å². The van der Waals surface area contributed by atoms with Crippen molar-refractivity contribution < 1.29 is 14.6 Å². The Balaban J connectivity index is 1.23. The van der Waals surface area contributed by atoms with E-state index in [1.54, 1.807) is 11.3 Å². The van der Waals surface area contributed by atoms with Crippen LogP contribution in [0.1, 0.15) is 48.3 Å². The van der Waals surface area contributed by atoms with E-state index in [0.29, 0.717) is 31.0 Å². The van der Waals surface area contributed by atoms with E-state index in [-0.39, 0.29) is 12.5 Å². The van der Waals surface area contributed by atoms with Crippen molar-refractivity contribution in [2.75, 3.05) is 65.6 Å². The number of aryl methyl sites for hydroxylation is 2. The van der Waals surface area contributed by atoms with Crippen molar-refractivity contribution in [3.63, 3.8) is 0 Å². The van der Waals surface area contributed by atoms with Gasteiger partial charge in [-0.3, -0.25) is 9.69 Å². The average Bonchev–Trinajstić information content (AvgIpc) is 3.74. The van der Waals surface area contributed by atoms with Gasteiger partial charge in [-0.15, -0.1) is 11.3 Å². The van der Waals surface area contributed by atoms with Crippen LogP contribution in [-0.4, -0.2) is 97.3 Å². The van der Waals surface area contributed by atoms with Crippen LogP contribution in [0.3, 0.4) is 0 Å². The summed E-state index contributed by atoms with van der Waals surface area (Å²) in [4.78, 5) is 25.2. The Bertz CT molecular complexity index is 1360. The zero-order valence-electron chi connectivity index (χ0n) is 25.8. The number of hydrogen-bond acceptors (Lipinski definition) is 7. The molecule has 7 nitrogen and oxygen atoms in total. The van der Waals surface area contributed by atoms with Gasteiger partial charge in [0, 0.05) is 61.5 Å². The Morgan fingerprint density at radius 3 is 2.36 bits per heavy atom. The molecule has 3 unspecified atom stereocenters. The first-order chi connectivity index (χ1) is 20.2. The molecule has 8 heteroatoms. The number of hydrogen-bond donors (Lipinski definition) is 3. The quantitative estimate of drug-likeness (QED) is 0.268. The van der Waals surface area contributed by atoms with E-state index in [9.17, 15) is 4.79 Å². The molecule has 3 aliphatic rings. The molecule has 0 radical (unpaired) electrons. The van der Waals surface area contributed by atoms with Crippen molar-refractivity contribution >= 4 is 27.3 Å². The van der Waals surface area contributed by atoms with Crippen molar-refractivity contribution in [3.05, 3.63) is 45.8 Å². The summed E-state index contributed by atoms with van der Waals surface area (Å²) in [5.41, 5.74) is 5.93. The molecule has 228 valence electrons. The van der Waals surface area contributed by atoms with Gasteiger partial charge in [-0.2, -0.15) is 0 Å². The summed E-state index contributed by atoms with van der Waals surface area (Å²) < 4.78 is 5.47. The maximum atomic E-state index is 14.0. The second-order valence-electron chi connectivity index (χ2n) is 13.3. The van der Waals surface area contributed by atoms with Crippen LogP contribution in [-0.2, 0) is 21.4 Å². The first kappa shape index (κ1) is 30.0. The van der Waals surface area contributed by atoms with Gasteiger partial charge in [-0.25, -0.2) is 0 Å². The second-order valence-corrected chi connectivity index (χ2v) is 14.4. The number of fused-ring (bicyclic) bond motifs is 3. The molecule has 6 rings (SSSR count). The lowest BCUT2D eigenvalue weighted by Crippen LogP contribution is -2.47. The van der Waals surface area contributed by atoms with Crippen LogP contribution in [0.4, 0.5) is 0 Å². The molecule has 1 saturated carbocycles. The van der Waals surface area contributed by atoms with Gasteiger partial charge in [0.1, 0.15) is 10.6 Å². The number of carbonyl (C=O) groups excluding carboxylic acids is 1. The van der Waals surface area contributed by atoms with Crippen molar-refractivity contribution in [2.45, 2.75) is 58.4 Å². The summed E-state index contributed by atoms with van der Waals surface area (Å²) in [6.07, 6.45) is 3.30. The Kier molecular flexibility index (Phi) is 8.92. The molecule has 2 aromatic heterocycles. The monoisotopic (exact) mass is 592 g/mol. The smallest absolute Gasteiger partial charge is 0.148 e. The first-order valence-corrected chi connectivity index (χ1v) is 16.7. The van der Waals surface area contributed by atoms with Crippen LogP contribution in [0, 0.1) is 25.7 Å². The molecule has 0 amide bonds. The topological polar surface area (TPSA) is 80.8 Å². The molecule has 0 spiro atoms. The van der Waals surface area contributed by atoms with E-state index in [1.165, 1.54) is 49.5 Å². The largest absolute Gasteiger partial charge is 0.394 e. The summed E-state index contributed by atoms with van der Waals surface area (Å²) in [7, 11) is 0. The number of aromatic amines is 1. The third kappa shape index (κ3) is 5.99. The lowest BCUT2D eigenvalue weighted by molar-refractivity contribution is -0.128. The molecule has 1 aromatic carbocycles. The van der Waals surface area contributed by atoms with Crippen molar-refractivity contribution in [1.82, 2.24) is 20.1 Å². The number of benzene rings is 1. The number of aromatic nitrogens is 1. The van der Waals surface area contributed by atoms with E-state index < -0.39 is 5.41 Å². The number of Topliss-reactive ketones (excluding diaryl/α,β-unsaturated/α-hetero) is 1. The number of nitrogens with one attached hydrogen (secondary N) is 2. The predicted molar refractivity (Wildman–Crippen MR) is 172 cm³/mol. The minimum absolute atomic E-state index is 0.0860. The molecule has 3 N–H and O–H groups in total. The Morgan fingerprint density at radius 2 is 1.74 bits per heavy atom. The highest BCUT2D eigenvalue weighted by Gasteiger charge is 2.50. The third-order valence-electron chi connectivity index (χ3n) is 10.0. The van der Waals surface area contributed by atoms with Gasteiger partial charge in [0.25, 0.3) is 0 Å². The summed E-state index contributed by atoms with van der Waals surface area (Å²) in [5.74, 6) is 1.08. The number of rotatable bonds is 12. The standard InChI is InChI=1S/C34H48N4O3S/c1-22-17-23(2)19-25(18-22)31-26(7-8-37-9-11-38(12-10-37)13-15-41-16-14-39)27-20-29(42-33(27)36-31)34(3,4)32(40)30-24-5-6-28(30)35-21-24/h17-20,24,28,30,35-36,39H,5-16,21H2,1-4H3. The molecule has 3 atom stereocenters. The van der Waals surface area contributed by atoms with Crippen LogP contribution in [0.5, 0.6) is 0 Å². The first-order valence-electron chi connectivity index (χ1n) is 15.9. The molecular formula is C34H48N4O3S. The number of ketones is 1. The van der Waals surface area contributed by atoms with Gasteiger partial charge >= 0.3 is 0 Å². The van der Waals surface area contributed by atoms with Crippen molar-refractivity contribution in [2.24, 2.45) is 11.8 Å². The maximum absolute atomic E-state index is 14.0. The zero-order valence-corrected chi connectivity index (χ0v) is 26.6. The number of carbonyl (C=O) groups is 1. The van der Waals surface area contributed by atoms with E-state index in [1.807, 2.05) is 0 Å². The van der Waals surface area contributed by atoms with Gasteiger partial charge in [0.15, 0.2) is 0 Å². The average molecular weight is 593 g/mol. The lowest BCUT2D eigenvalue weighted by Gasteiger charge is -2.34. The second kappa shape index (κ2) is 12.5. The van der Waals surface area contributed by atoms with E-state index in [0.717, 1.165) is 58.7 Å². The fourth-order valence-corrected chi connectivity index (χ4v) is 8.81. The number of thiophene rings is 1. The number of piperazine rings is 1. The predicted octanol–water partition coefficient (Wildman–Crippen LogP) is 4.53. The molecule has 1 aliphatic carbocycles. The Hall–Kier alpha value is -2.07. The van der Waals surface area contributed by atoms with Gasteiger partial charge in [0.2, 0.25) is 0 Å². The van der Waals surface area contributed by atoms with E-state index in [2.05, 4.69) is 72.1 Å². The zero-order chi connectivity index (χ0) is 29.4. The van der Waals surface area contributed by atoms with Crippen LogP contribution in [0.2, 0.25) is 0 Å². The molecule has 4 heterocycles. The van der Waals surface area contributed by atoms with Gasteiger partial charge < -0.3 is 25.0 Å². The molecule has 42 heavy (non-hydrogen) atoms. The van der Waals surface area contributed by atoms with Crippen LogP contribution < -0.4 is 5.32 Å². The Morgan fingerprint density at radius 1 is 1.02 bits per heavy atom. The summed E-state index contributed by atoms with van der Waals surface area (Å²) in [5, 5.41) is 13.8. The Labute approximate surface area is 254 Å². The SMILES string of the molecule is Cc1cc(C)cc(-c2[nH]c3sc(C(C)(C)C(=O)C4C5CCC4NC5)cc3c2CCN2CCN(CCOCCO)CC2)c1. The number of nitrogens with zero attached hydrogens (tertiary/aromatic N) is 2. The number of aliphatic hydroxyl groups excluding tert-OH is 1. The van der Waals surface area contributed by atoms with Gasteiger partial charge in [-0.1, -0.05) is 17.2 Å². The van der Waals surface area contributed by atoms with Crippen LogP contribution >= 0.6 is 11.3 Å². The summed E-state index contributed by atoms with van der Waals surface area (Å²) in [6.45, 7) is 17.0. The fourth-order valence-electron chi connectivity index (χ4n) is 7.61. The highest BCUT2D eigenvalue weighted by atomic mass is 32.1. The highest BCUT2D eigenvalue weighted by molar-refractivity contribution is 7.19.